The highest BCUT2D eigenvalue weighted by Gasteiger charge is 2.57. The van der Waals surface area contributed by atoms with Crippen molar-refractivity contribution >= 4 is 40.7 Å². The van der Waals surface area contributed by atoms with Gasteiger partial charge in [-0.2, -0.15) is 11.3 Å². The van der Waals surface area contributed by atoms with Crippen LogP contribution >= 0.6 is 11.3 Å². The smallest absolute Gasteiger partial charge is 0.358 e. The minimum atomic E-state index is -0.876. The van der Waals surface area contributed by atoms with Gasteiger partial charge in [-0.15, -0.1) is 0 Å². The predicted octanol–water partition coefficient (Wildman–Crippen LogP) is 1.52. The summed E-state index contributed by atoms with van der Waals surface area (Å²) in [6, 6.07) is -0.403. The molecular weight excluding hydrogens is 424 g/mol. The third-order valence-corrected chi connectivity index (χ3v) is 6.12. The van der Waals surface area contributed by atoms with Gasteiger partial charge in [0.15, 0.2) is 0 Å². The number of fused-ring (bicyclic) bond motifs is 1. The van der Waals surface area contributed by atoms with E-state index in [9.17, 15) is 24.3 Å². The number of hydrogen-bond acceptors (Lipinski definition) is 8. The molecule has 3 unspecified atom stereocenters. The maximum atomic E-state index is 12.9. The van der Waals surface area contributed by atoms with E-state index in [-0.39, 0.29) is 17.5 Å². The first-order valence-corrected chi connectivity index (χ1v) is 10.8. The Morgan fingerprint density at radius 1 is 1.29 bits per heavy atom. The molecular formula is C21H26N2O7S. The Bertz CT molecular complexity index is 957. The van der Waals surface area contributed by atoms with E-state index in [4.69, 9.17) is 9.47 Å². The van der Waals surface area contributed by atoms with Crippen LogP contribution in [0.25, 0.3) is 5.57 Å². The standard InChI is InChI=1S/C21H26N2O7S/c1-10(24)15-14-6-11(12-7-31-8-13(12)17(25)22-5)16(23(14)18(15)26)19(27)29-9-30-20(28)21(2,3)4/h7-8,10,14-15,24H,6,9H2,1-5H3,(H,22,25). The van der Waals surface area contributed by atoms with Gasteiger partial charge >= 0.3 is 11.9 Å². The average molecular weight is 451 g/mol. The first-order chi connectivity index (χ1) is 14.5. The number of aliphatic hydroxyl groups excluding tert-OH is 1. The maximum absolute atomic E-state index is 12.9. The number of amides is 2. The van der Waals surface area contributed by atoms with Gasteiger partial charge in [0, 0.05) is 18.0 Å². The van der Waals surface area contributed by atoms with Gasteiger partial charge in [-0.1, -0.05) is 0 Å². The highest BCUT2D eigenvalue weighted by atomic mass is 32.1. The molecule has 0 spiro atoms. The van der Waals surface area contributed by atoms with Crippen LogP contribution in [0.3, 0.4) is 0 Å². The van der Waals surface area contributed by atoms with E-state index in [0.29, 0.717) is 23.1 Å². The van der Waals surface area contributed by atoms with Gasteiger partial charge in [0.05, 0.1) is 29.0 Å². The van der Waals surface area contributed by atoms with E-state index in [2.05, 4.69) is 5.32 Å². The molecule has 2 amide bonds. The van der Waals surface area contributed by atoms with Crippen molar-refractivity contribution in [2.75, 3.05) is 13.8 Å². The molecule has 0 aliphatic carbocycles. The normalized spacial score (nSPS) is 21.4. The fourth-order valence-electron chi connectivity index (χ4n) is 3.76. The predicted molar refractivity (Wildman–Crippen MR) is 112 cm³/mol. The van der Waals surface area contributed by atoms with Crippen LogP contribution in [0.1, 0.15) is 50.0 Å². The number of aliphatic hydroxyl groups is 1. The molecule has 0 bridgehead atoms. The number of esters is 2. The molecule has 1 aromatic heterocycles. The van der Waals surface area contributed by atoms with Gasteiger partial charge in [-0.3, -0.25) is 14.4 Å². The van der Waals surface area contributed by atoms with Crippen LogP contribution in [0.2, 0.25) is 0 Å². The van der Waals surface area contributed by atoms with E-state index in [1.807, 2.05) is 0 Å². The van der Waals surface area contributed by atoms with E-state index < -0.39 is 42.2 Å². The summed E-state index contributed by atoms with van der Waals surface area (Å²) in [5, 5.41) is 16.0. The molecule has 31 heavy (non-hydrogen) atoms. The second-order valence-corrected chi connectivity index (χ2v) is 9.33. The molecule has 10 heteroatoms. The summed E-state index contributed by atoms with van der Waals surface area (Å²) in [7, 11) is 1.51. The molecule has 3 rings (SSSR count). The number of nitrogens with one attached hydrogen (secondary N) is 1. The Balaban J connectivity index is 1.90. The Labute approximate surface area is 184 Å². The Hall–Kier alpha value is -2.72. The van der Waals surface area contributed by atoms with Crippen molar-refractivity contribution in [3.8, 4) is 0 Å². The lowest BCUT2D eigenvalue weighted by atomic mass is 9.82. The molecule has 2 aliphatic rings. The minimum Gasteiger partial charge on any atom is -0.427 e. The molecule has 1 saturated heterocycles. The van der Waals surface area contributed by atoms with Crippen molar-refractivity contribution in [1.29, 1.82) is 0 Å². The lowest BCUT2D eigenvalue weighted by Crippen LogP contribution is -2.61. The maximum Gasteiger partial charge on any atom is 0.358 e. The molecule has 0 radical (unpaired) electrons. The summed E-state index contributed by atoms with van der Waals surface area (Å²) in [6.45, 7) is 5.95. The van der Waals surface area contributed by atoms with Gasteiger partial charge in [-0.25, -0.2) is 4.79 Å². The second-order valence-electron chi connectivity index (χ2n) is 8.58. The topological polar surface area (TPSA) is 122 Å². The molecule has 9 nitrogen and oxygen atoms in total. The number of β-lactam (4-membered cyclic amide) rings is 1. The van der Waals surface area contributed by atoms with Gasteiger partial charge < -0.3 is 24.8 Å². The van der Waals surface area contributed by atoms with Gasteiger partial charge in [0.25, 0.3) is 5.91 Å². The number of nitrogens with zero attached hydrogens (tertiary/aromatic N) is 1. The van der Waals surface area contributed by atoms with Crippen LogP contribution in [0.5, 0.6) is 0 Å². The lowest BCUT2D eigenvalue weighted by molar-refractivity contribution is -0.175. The SMILES string of the molecule is CNC(=O)c1cscc1C1=C(C(=O)OCOC(=O)C(C)(C)C)N2C(=O)C(C(C)O)C2C1. The average Bonchev–Trinajstić information content (AvgIpc) is 3.28. The monoisotopic (exact) mass is 450 g/mol. The molecule has 1 fully saturated rings. The number of rotatable bonds is 6. The number of carbonyl (C=O) groups is 4. The zero-order chi connectivity index (χ0) is 23.1. The van der Waals surface area contributed by atoms with E-state index in [1.165, 1.54) is 30.2 Å². The number of carbonyl (C=O) groups excluding carboxylic acids is 4. The number of thiophene rings is 1. The van der Waals surface area contributed by atoms with E-state index in [0.717, 1.165) is 0 Å². The number of ether oxygens (including phenoxy) is 2. The third kappa shape index (κ3) is 4.09. The van der Waals surface area contributed by atoms with Gasteiger partial charge in [0.2, 0.25) is 12.7 Å². The summed E-state index contributed by atoms with van der Waals surface area (Å²) < 4.78 is 10.1. The first kappa shape index (κ1) is 23.0. The molecule has 168 valence electrons. The summed E-state index contributed by atoms with van der Waals surface area (Å²) in [5.41, 5.74) is 0.674. The second kappa shape index (κ2) is 8.43. The summed E-state index contributed by atoms with van der Waals surface area (Å²) in [6.07, 6.45) is -0.576. The summed E-state index contributed by atoms with van der Waals surface area (Å²) in [5.74, 6) is -2.70. The summed E-state index contributed by atoms with van der Waals surface area (Å²) >= 11 is 1.30. The van der Waals surface area contributed by atoms with E-state index >= 15 is 0 Å². The highest BCUT2D eigenvalue weighted by Crippen LogP contribution is 2.48. The molecule has 3 heterocycles. The van der Waals surface area contributed by atoms with Gasteiger partial charge in [0.1, 0.15) is 5.70 Å². The van der Waals surface area contributed by atoms with Crippen LogP contribution in [0, 0.1) is 11.3 Å². The lowest BCUT2D eigenvalue weighted by Gasteiger charge is -2.44. The van der Waals surface area contributed by atoms with Crippen molar-refractivity contribution in [1.82, 2.24) is 10.2 Å². The fraction of sp³-hybridized carbons (Fsp3) is 0.524. The van der Waals surface area contributed by atoms with Crippen molar-refractivity contribution in [2.24, 2.45) is 11.3 Å². The molecule has 0 saturated carbocycles. The quantitative estimate of drug-likeness (QED) is 0.383. The van der Waals surface area contributed by atoms with Crippen LogP contribution in [0.4, 0.5) is 0 Å². The molecule has 3 atom stereocenters. The molecule has 0 aromatic carbocycles. The Kier molecular flexibility index (Phi) is 6.24. The third-order valence-electron chi connectivity index (χ3n) is 5.37. The molecule has 2 aliphatic heterocycles. The first-order valence-electron chi connectivity index (χ1n) is 9.86. The zero-order valence-corrected chi connectivity index (χ0v) is 18.9. The molecule has 2 N–H and O–H groups in total. The van der Waals surface area contributed by atoms with Crippen LogP contribution in [-0.4, -0.2) is 59.7 Å². The van der Waals surface area contributed by atoms with Crippen LogP contribution in [-0.2, 0) is 23.9 Å². The van der Waals surface area contributed by atoms with Crippen molar-refractivity contribution in [3.05, 3.63) is 27.6 Å². The number of hydrogen-bond donors (Lipinski definition) is 2. The van der Waals surface area contributed by atoms with Gasteiger partial charge in [-0.05, 0) is 45.1 Å². The Morgan fingerprint density at radius 2 is 1.97 bits per heavy atom. The fourth-order valence-corrected chi connectivity index (χ4v) is 4.61. The minimum absolute atomic E-state index is 0.0160. The van der Waals surface area contributed by atoms with Crippen molar-refractivity contribution in [3.63, 3.8) is 0 Å². The van der Waals surface area contributed by atoms with Crippen LogP contribution in [0.15, 0.2) is 16.5 Å². The summed E-state index contributed by atoms with van der Waals surface area (Å²) in [4.78, 5) is 51.1. The van der Waals surface area contributed by atoms with Crippen molar-refractivity contribution < 1.29 is 33.8 Å². The molecule has 1 aromatic rings. The largest absolute Gasteiger partial charge is 0.427 e. The zero-order valence-electron chi connectivity index (χ0n) is 18.1. The highest BCUT2D eigenvalue weighted by molar-refractivity contribution is 7.08. The van der Waals surface area contributed by atoms with E-state index in [1.54, 1.807) is 31.5 Å². The Morgan fingerprint density at radius 3 is 2.55 bits per heavy atom. The van der Waals surface area contributed by atoms with Crippen molar-refractivity contribution in [2.45, 2.75) is 46.3 Å². The van der Waals surface area contributed by atoms with Crippen LogP contribution < -0.4 is 5.32 Å².